The van der Waals surface area contributed by atoms with Crippen LogP contribution in [0.3, 0.4) is 0 Å². The lowest BCUT2D eigenvalue weighted by atomic mass is 10.6. The second kappa shape index (κ2) is 6.47. The molecule has 0 aliphatic carbocycles. The average molecular weight is 421 g/mol. The molecular formula is C9H11Br2NO4S2. The van der Waals surface area contributed by atoms with Gasteiger partial charge in [-0.05, 0) is 44.8 Å². The number of carbonyl (C=O) groups excluding carboxylic acids is 1. The largest absolute Gasteiger partial charge is 0.465 e. The number of nitrogens with zero attached hydrogens (tertiary/aromatic N) is 1. The molecule has 0 radical (unpaired) electrons. The Kier molecular flexibility index (Phi) is 5.78. The first-order valence-electron chi connectivity index (χ1n) is 4.85. The molecule has 0 atom stereocenters. The van der Waals surface area contributed by atoms with Gasteiger partial charge in [0, 0.05) is 7.05 Å². The van der Waals surface area contributed by atoms with Crippen LogP contribution in [-0.2, 0) is 19.6 Å². The van der Waals surface area contributed by atoms with E-state index >= 15 is 0 Å². The van der Waals surface area contributed by atoms with E-state index in [0.29, 0.717) is 7.57 Å². The van der Waals surface area contributed by atoms with E-state index in [2.05, 4.69) is 31.9 Å². The minimum atomic E-state index is -3.70. The predicted molar refractivity (Wildman–Crippen MR) is 76.2 cm³/mol. The zero-order chi connectivity index (χ0) is 13.9. The van der Waals surface area contributed by atoms with E-state index in [9.17, 15) is 13.2 Å². The summed E-state index contributed by atoms with van der Waals surface area (Å²) in [6, 6.07) is 1.49. The third-order valence-electron chi connectivity index (χ3n) is 1.97. The molecule has 0 saturated carbocycles. The number of rotatable bonds is 5. The van der Waals surface area contributed by atoms with Crippen LogP contribution in [0.1, 0.15) is 6.92 Å². The average Bonchev–Trinajstić information content (AvgIpc) is 2.58. The molecule has 0 N–H and O–H groups in total. The summed E-state index contributed by atoms with van der Waals surface area (Å²) in [5.41, 5.74) is 0. The van der Waals surface area contributed by atoms with Gasteiger partial charge in [-0.2, -0.15) is 4.31 Å². The summed E-state index contributed by atoms with van der Waals surface area (Å²) in [5.74, 6) is -0.575. The number of likely N-dealkylation sites (N-methyl/N-ethyl adjacent to an activating group) is 1. The number of thiophene rings is 1. The van der Waals surface area contributed by atoms with Crippen LogP contribution in [0.2, 0.25) is 0 Å². The van der Waals surface area contributed by atoms with Crippen LogP contribution in [0.25, 0.3) is 0 Å². The molecule has 1 aromatic heterocycles. The summed E-state index contributed by atoms with van der Waals surface area (Å²) in [4.78, 5) is 11.4. The highest BCUT2D eigenvalue weighted by atomic mass is 79.9. The highest BCUT2D eigenvalue weighted by molar-refractivity contribution is 9.12. The van der Waals surface area contributed by atoms with Gasteiger partial charge in [0.1, 0.15) is 11.4 Å². The van der Waals surface area contributed by atoms with Crippen molar-refractivity contribution in [3.8, 4) is 0 Å². The number of hydrogen-bond donors (Lipinski definition) is 0. The van der Waals surface area contributed by atoms with Crippen LogP contribution < -0.4 is 0 Å². The van der Waals surface area contributed by atoms with E-state index in [4.69, 9.17) is 4.74 Å². The Morgan fingerprint density at radius 2 is 2.11 bits per heavy atom. The monoisotopic (exact) mass is 419 g/mol. The van der Waals surface area contributed by atoms with Crippen molar-refractivity contribution in [2.45, 2.75) is 11.8 Å². The molecule has 0 amide bonds. The smallest absolute Gasteiger partial charge is 0.321 e. The fourth-order valence-electron chi connectivity index (χ4n) is 1.14. The number of esters is 1. The molecule has 0 spiro atoms. The zero-order valence-corrected chi connectivity index (χ0v) is 14.4. The minimum absolute atomic E-state index is 0.131. The van der Waals surface area contributed by atoms with Crippen LogP contribution in [0.5, 0.6) is 0 Å². The minimum Gasteiger partial charge on any atom is -0.465 e. The van der Waals surface area contributed by atoms with Crippen molar-refractivity contribution >= 4 is 59.2 Å². The molecule has 0 aromatic carbocycles. The van der Waals surface area contributed by atoms with Crippen LogP contribution in [-0.4, -0.2) is 38.9 Å². The maximum atomic E-state index is 12.2. The Hall–Kier alpha value is 0.0400. The zero-order valence-electron chi connectivity index (χ0n) is 9.64. The molecule has 0 aliphatic heterocycles. The van der Waals surface area contributed by atoms with Crippen molar-refractivity contribution in [3.05, 3.63) is 13.6 Å². The molecule has 0 saturated heterocycles. The van der Waals surface area contributed by atoms with Gasteiger partial charge in [0.05, 0.1) is 14.2 Å². The normalized spacial score (nSPS) is 11.8. The van der Waals surface area contributed by atoms with E-state index in [1.54, 1.807) is 6.92 Å². The fraction of sp³-hybridized carbons (Fsp3) is 0.444. The Labute approximate surface area is 126 Å². The van der Waals surface area contributed by atoms with Gasteiger partial charge in [-0.25, -0.2) is 8.42 Å². The second-order valence-electron chi connectivity index (χ2n) is 3.25. The summed E-state index contributed by atoms with van der Waals surface area (Å²) in [5, 5.41) is 0. The Morgan fingerprint density at radius 3 is 2.56 bits per heavy atom. The molecule has 1 aromatic rings. The van der Waals surface area contributed by atoms with E-state index in [-0.39, 0.29) is 18.0 Å². The molecule has 0 aliphatic rings. The maximum absolute atomic E-state index is 12.2. The van der Waals surface area contributed by atoms with Crippen molar-refractivity contribution in [2.24, 2.45) is 0 Å². The molecule has 102 valence electrons. The highest BCUT2D eigenvalue weighted by Crippen LogP contribution is 2.35. The molecule has 0 unspecified atom stereocenters. The summed E-state index contributed by atoms with van der Waals surface area (Å²) in [6.07, 6.45) is 0. The molecule has 0 bridgehead atoms. The summed E-state index contributed by atoms with van der Waals surface area (Å²) < 4.78 is 31.2. The first-order chi connectivity index (χ1) is 8.28. The lowest BCUT2D eigenvalue weighted by molar-refractivity contribution is -0.143. The third kappa shape index (κ3) is 3.77. The van der Waals surface area contributed by atoms with Gasteiger partial charge in [-0.3, -0.25) is 4.79 Å². The van der Waals surface area contributed by atoms with Crippen LogP contribution in [0.4, 0.5) is 0 Å². The van der Waals surface area contributed by atoms with Crippen LogP contribution in [0, 0.1) is 0 Å². The molecule has 5 nitrogen and oxygen atoms in total. The van der Waals surface area contributed by atoms with E-state index in [0.717, 1.165) is 4.31 Å². The van der Waals surface area contributed by atoms with Gasteiger partial charge in [0.2, 0.25) is 10.0 Å². The van der Waals surface area contributed by atoms with E-state index in [1.165, 1.54) is 24.5 Å². The maximum Gasteiger partial charge on any atom is 0.321 e. The number of ether oxygens (including phenoxy) is 1. The highest BCUT2D eigenvalue weighted by Gasteiger charge is 2.27. The predicted octanol–water partition coefficient (Wildman–Crippen LogP) is 2.46. The van der Waals surface area contributed by atoms with Gasteiger partial charge >= 0.3 is 5.97 Å². The van der Waals surface area contributed by atoms with Crippen molar-refractivity contribution in [2.75, 3.05) is 20.2 Å². The van der Waals surface area contributed by atoms with E-state index in [1.807, 2.05) is 0 Å². The van der Waals surface area contributed by atoms with E-state index < -0.39 is 16.0 Å². The lowest BCUT2D eigenvalue weighted by Crippen LogP contribution is -2.33. The molecule has 9 heteroatoms. The van der Waals surface area contributed by atoms with Crippen molar-refractivity contribution < 1.29 is 17.9 Å². The summed E-state index contributed by atoms with van der Waals surface area (Å²) >= 11 is 7.65. The SMILES string of the molecule is CCOC(=O)CN(C)S(=O)(=O)c1cc(Br)sc1Br. The molecule has 0 fully saturated rings. The van der Waals surface area contributed by atoms with Crippen molar-refractivity contribution in [1.29, 1.82) is 0 Å². The lowest BCUT2D eigenvalue weighted by Gasteiger charge is -2.15. The molecule has 1 heterocycles. The standard InChI is InChI=1S/C9H11Br2NO4S2/c1-3-16-8(13)5-12(2)18(14,15)6-4-7(10)17-9(6)11/h4H,3,5H2,1-2H3. The van der Waals surface area contributed by atoms with Gasteiger partial charge in [0.15, 0.2) is 0 Å². The molecular weight excluding hydrogens is 410 g/mol. The van der Waals surface area contributed by atoms with Crippen molar-refractivity contribution in [3.63, 3.8) is 0 Å². The first-order valence-corrected chi connectivity index (χ1v) is 8.70. The number of halogens is 2. The fourth-order valence-corrected chi connectivity index (χ4v) is 6.02. The topological polar surface area (TPSA) is 63.7 Å². The number of sulfonamides is 1. The Balaban J connectivity index is 2.93. The van der Waals surface area contributed by atoms with Gasteiger partial charge < -0.3 is 4.74 Å². The third-order valence-corrected chi connectivity index (χ3v) is 6.53. The second-order valence-corrected chi connectivity index (χ2v) is 9.02. The van der Waals surface area contributed by atoms with Crippen molar-refractivity contribution in [1.82, 2.24) is 4.31 Å². The van der Waals surface area contributed by atoms with Gasteiger partial charge in [0.25, 0.3) is 0 Å². The number of hydrogen-bond acceptors (Lipinski definition) is 5. The summed E-state index contributed by atoms with van der Waals surface area (Å²) in [6.45, 7) is 1.58. The van der Waals surface area contributed by atoms with Gasteiger partial charge in [-0.1, -0.05) is 0 Å². The first kappa shape index (κ1) is 16.1. The Morgan fingerprint density at radius 1 is 1.50 bits per heavy atom. The van der Waals surface area contributed by atoms with Crippen LogP contribution >= 0.6 is 43.2 Å². The molecule has 18 heavy (non-hydrogen) atoms. The summed E-state index contributed by atoms with van der Waals surface area (Å²) in [7, 11) is -2.36. The van der Waals surface area contributed by atoms with Crippen LogP contribution in [0.15, 0.2) is 18.5 Å². The Bertz CT molecular complexity index is 541. The number of carbonyl (C=O) groups is 1. The van der Waals surface area contributed by atoms with Gasteiger partial charge in [-0.15, -0.1) is 11.3 Å². The quantitative estimate of drug-likeness (QED) is 0.686. The molecule has 1 rings (SSSR count).